The number of fused-ring (bicyclic) bond motifs is 1. The minimum absolute atomic E-state index is 0.214. The number of hydrogen-bond acceptors (Lipinski definition) is 3. The van der Waals surface area contributed by atoms with Crippen LogP contribution in [0.15, 0.2) is 60.7 Å². The molecule has 0 fully saturated rings. The number of nitrogens with zero attached hydrogens (tertiary/aromatic N) is 3. The number of amides is 2. The van der Waals surface area contributed by atoms with Gasteiger partial charge in [-0.3, -0.25) is 14.3 Å². The molecule has 3 aromatic rings. The molecule has 6 nitrogen and oxygen atoms in total. The second kappa shape index (κ2) is 7.95. The Balaban J connectivity index is 1.65. The van der Waals surface area contributed by atoms with Gasteiger partial charge in [0.05, 0.1) is 12.2 Å². The van der Waals surface area contributed by atoms with Gasteiger partial charge in [0, 0.05) is 18.1 Å². The summed E-state index contributed by atoms with van der Waals surface area (Å²) in [6.07, 6.45) is 0. The van der Waals surface area contributed by atoms with E-state index >= 15 is 0 Å². The van der Waals surface area contributed by atoms with Gasteiger partial charge in [0.1, 0.15) is 11.2 Å². The van der Waals surface area contributed by atoms with Crippen LogP contribution in [0.4, 0.5) is 0 Å². The first-order valence-corrected chi connectivity index (χ1v) is 10.2. The van der Waals surface area contributed by atoms with Crippen LogP contribution in [0.25, 0.3) is 0 Å². The van der Waals surface area contributed by atoms with E-state index in [4.69, 9.17) is 11.6 Å². The number of halogens is 1. The fourth-order valence-corrected chi connectivity index (χ4v) is 3.89. The number of aryl methyl sites for hydroxylation is 1. The highest BCUT2D eigenvalue weighted by molar-refractivity contribution is 6.30. The maximum Gasteiger partial charge on any atom is 0.273 e. The zero-order valence-electron chi connectivity index (χ0n) is 16.9. The van der Waals surface area contributed by atoms with E-state index < -0.39 is 5.54 Å². The molecule has 2 amide bonds. The summed E-state index contributed by atoms with van der Waals surface area (Å²) in [4.78, 5) is 28.3. The van der Waals surface area contributed by atoms with Crippen molar-refractivity contribution >= 4 is 23.4 Å². The Morgan fingerprint density at radius 3 is 2.53 bits per heavy atom. The lowest BCUT2D eigenvalue weighted by Gasteiger charge is -2.43. The van der Waals surface area contributed by atoms with Crippen molar-refractivity contribution in [3.63, 3.8) is 0 Å². The van der Waals surface area contributed by atoms with Gasteiger partial charge in [-0.05, 0) is 43.2 Å². The number of nitrogens with one attached hydrogen (secondary N) is 1. The Bertz CT molecular complexity index is 1080. The molecule has 1 aliphatic rings. The molecular formula is C23H23ClN4O2. The molecule has 2 aromatic carbocycles. The van der Waals surface area contributed by atoms with Crippen LogP contribution in [0.1, 0.15) is 34.2 Å². The largest absolute Gasteiger partial charge is 0.350 e. The van der Waals surface area contributed by atoms with Crippen molar-refractivity contribution in [3.05, 3.63) is 88.2 Å². The molecule has 1 aromatic heterocycles. The quantitative estimate of drug-likeness (QED) is 0.683. The molecule has 0 saturated carbocycles. The van der Waals surface area contributed by atoms with Crippen LogP contribution in [0, 0.1) is 6.92 Å². The maximum atomic E-state index is 13.4. The van der Waals surface area contributed by atoms with Crippen LogP contribution < -0.4 is 5.32 Å². The zero-order valence-corrected chi connectivity index (χ0v) is 17.7. The first-order valence-electron chi connectivity index (χ1n) is 9.80. The van der Waals surface area contributed by atoms with Crippen molar-refractivity contribution in [3.8, 4) is 0 Å². The molecule has 0 spiro atoms. The minimum Gasteiger partial charge on any atom is -0.350 e. The van der Waals surface area contributed by atoms with Gasteiger partial charge in [-0.25, -0.2) is 0 Å². The van der Waals surface area contributed by atoms with Gasteiger partial charge < -0.3 is 10.2 Å². The number of carbonyl (C=O) groups excluding carboxylic acids is 2. The smallest absolute Gasteiger partial charge is 0.273 e. The molecule has 0 bridgehead atoms. The molecule has 1 aliphatic heterocycles. The average molecular weight is 423 g/mol. The van der Waals surface area contributed by atoms with Gasteiger partial charge in [-0.15, -0.1) is 0 Å². The summed E-state index contributed by atoms with van der Waals surface area (Å²) < 4.78 is 1.64. The second-order valence-corrected chi connectivity index (χ2v) is 8.22. The molecule has 1 atom stereocenters. The Morgan fingerprint density at radius 1 is 1.13 bits per heavy atom. The highest BCUT2D eigenvalue weighted by atomic mass is 35.5. The number of aromatic nitrogens is 2. The topological polar surface area (TPSA) is 67.2 Å². The summed E-state index contributed by atoms with van der Waals surface area (Å²) in [5.41, 5.74) is 2.06. The SMILES string of the molecule is Cc1cc2n(n1)C[C@@](C)(C(=O)NCc1ccccc1)N(Cc1ccc(Cl)cc1)C2=O. The fraction of sp³-hybridized carbons (Fsp3) is 0.261. The zero-order chi connectivity index (χ0) is 21.3. The third-order valence-electron chi connectivity index (χ3n) is 5.46. The molecule has 4 rings (SSSR count). The van der Waals surface area contributed by atoms with E-state index in [0.29, 0.717) is 23.8 Å². The first kappa shape index (κ1) is 20.2. The Kier molecular flexibility index (Phi) is 5.35. The van der Waals surface area contributed by atoms with E-state index in [-0.39, 0.29) is 18.4 Å². The minimum atomic E-state index is -1.09. The Hall–Kier alpha value is -3.12. The first-order chi connectivity index (χ1) is 14.4. The summed E-state index contributed by atoms with van der Waals surface area (Å²) in [5.74, 6) is -0.429. The summed E-state index contributed by atoms with van der Waals surface area (Å²) in [7, 11) is 0. The standard InChI is InChI=1S/C23H23ClN4O2/c1-16-12-20-21(29)27(14-18-8-10-19(24)11-9-18)23(2,15-28(20)26-16)22(30)25-13-17-6-4-3-5-7-17/h3-12H,13-15H2,1-2H3,(H,25,30)/t23-/m0/s1. The summed E-state index contributed by atoms with van der Waals surface area (Å²) in [6, 6.07) is 18.8. The van der Waals surface area contributed by atoms with Crippen LogP contribution in [0.2, 0.25) is 5.02 Å². The second-order valence-electron chi connectivity index (χ2n) is 7.79. The number of rotatable bonds is 5. The Labute approximate surface area is 180 Å². The van der Waals surface area contributed by atoms with E-state index in [2.05, 4.69) is 10.4 Å². The van der Waals surface area contributed by atoms with Crippen molar-refractivity contribution in [2.45, 2.75) is 39.0 Å². The highest BCUT2D eigenvalue weighted by Gasteiger charge is 2.47. The third-order valence-corrected chi connectivity index (χ3v) is 5.71. The molecule has 0 saturated heterocycles. The molecule has 0 radical (unpaired) electrons. The molecule has 7 heteroatoms. The summed E-state index contributed by atoms with van der Waals surface area (Å²) >= 11 is 6.00. The van der Waals surface area contributed by atoms with E-state index in [9.17, 15) is 9.59 Å². The lowest BCUT2D eigenvalue weighted by molar-refractivity contribution is -0.133. The molecule has 154 valence electrons. The highest BCUT2D eigenvalue weighted by Crippen LogP contribution is 2.29. The lowest BCUT2D eigenvalue weighted by atomic mass is 9.94. The van der Waals surface area contributed by atoms with E-state index in [1.54, 1.807) is 34.7 Å². The number of hydrogen-bond donors (Lipinski definition) is 1. The van der Waals surface area contributed by atoms with Gasteiger partial charge in [-0.1, -0.05) is 54.1 Å². The predicted molar refractivity (Wildman–Crippen MR) is 115 cm³/mol. The van der Waals surface area contributed by atoms with Crippen LogP contribution in [0.3, 0.4) is 0 Å². The number of carbonyl (C=O) groups is 2. The van der Waals surface area contributed by atoms with Gasteiger partial charge >= 0.3 is 0 Å². The Morgan fingerprint density at radius 2 is 1.83 bits per heavy atom. The van der Waals surface area contributed by atoms with E-state index in [0.717, 1.165) is 16.8 Å². The molecular weight excluding hydrogens is 400 g/mol. The average Bonchev–Trinajstić information content (AvgIpc) is 3.11. The fourth-order valence-electron chi connectivity index (χ4n) is 3.76. The molecule has 2 heterocycles. The number of benzene rings is 2. The third kappa shape index (κ3) is 3.83. The normalized spacial score (nSPS) is 18.2. The predicted octanol–water partition coefficient (Wildman–Crippen LogP) is 3.58. The summed E-state index contributed by atoms with van der Waals surface area (Å²) in [5, 5.41) is 8.05. The van der Waals surface area contributed by atoms with Gasteiger partial charge in [0.2, 0.25) is 5.91 Å². The van der Waals surface area contributed by atoms with Crippen LogP contribution >= 0.6 is 11.6 Å². The van der Waals surface area contributed by atoms with Crippen LogP contribution in [-0.4, -0.2) is 32.0 Å². The van der Waals surface area contributed by atoms with Crippen molar-refractivity contribution in [2.24, 2.45) is 0 Å². The monoisotopic (exact) mass is 422 g/mol. The summed E-state index contributed by atoms with van der Waals surface area (Å²) in [6.45, 7) is 4.62. The van der Waals surface area contributed by atoms with Crippen molar-refractivity contribution in [1.29, 1.82) is 0 Å². The van der Waals surface area contributed by atoms with Crippen LogP contribution in [0.5, 0.6) is 0 Å². The van der Waals surface area contributed by atoms with Gasteiger partial charge in [0.15, 0.2) is 0 Å². The molecule has 0 aliphatic carbocycles. The van der Waals surface area contributed by atoms with Crippen LogP contribution in [-0.2, 0) is 24.4 Å². The van der Waals surface area contributed by atoms with Crippen molar-refractivity contribution in [2.75, 3.05) is 0 Å². The maximum absolute atomic E-state index is 13.4. The van der Waals surface area contributed by atoms with E-state index in [1.807, 2.05) is 49.4 Å². The van der Waals surface area contributed by atoms with Crippen molar-refractivity contribution < 1.29 is 9.59 Å². The van der Waals surface area contributed by atoms with Gasteiger partial charge in [-0.2, -0.15) is 5.10 Å². The van der Waals surface area contributed by atoms with Gasteiger partial charge in [0.25, 0.3) is 5.91 Å². The lowest BCUT2D eigenvalue weighted by Crippen LogP contribution is -2.63. The van der Waals surface area contributed by atoms with Crippen molar-refractivity contribution in [1.82, 2.24) is 20.0 Å². The van der Waals surface area contributed by atoms with E-state index in [1.165, 1.54) is 0 Å². The molecule has 1 N–H and O–H groups in total. The molecule has 0 unspecified atom stereocenters. The molecule has 30 heavy (non-hydrogen) atoms.